The lowest BCUT2D eigenvalue weighted by Crippen LogP contribution is -2.34. The van der Waals surface area contributed by atoms with Gasteiger partial charge in [-0.1, -0.05) is 43.3 Å². The van der Waals surface area contributed by atoms with Gasteiger partial charge in [0, 0.05) is 11.8 Å². The molecule has 42 heavy (non-hydrogen) atoms. The van der Waals surface area contributed by atoms with Gasteiger partial charge in [0.05, 0.1) is 18.4 Å². The highest BCUT2D eigenvalue weighted by molar-refractivity contribution is 5.96. The molecule has 1 saturated carbocycles. The standard InChI is InChI=1S/C27H25F6N3O2.CH2O3/c1-16(26(28,29)30)24(25(38)34-21-4-2-3-19(14-21)13-17-5-6-17)20-9-7-18(8-10-20)15-36-23(37)12-11-22(35-36)27(31,32)33;2-1(3)4/h2-4,7-12,14,16-17,24H,5-6,13,15H2,1H3,(H,34,38);(H2,2,3,4). The Morgan fingerprint density at radius 2 is 1.60 bits per heavy atom. The molecule has 4 rings (SSSR count). The quantitative estimate of drug-likeness (QED) is 0.258. The highest BCUT2D eigenvalue weighted by Crippen LogP contribution is 2.38. The summed E-state index contributed by atoms with van der Waals surface area (Å²) in [5, 5.41) is 19.9. The molecule has 0 spiro atoms. The van der Waals surface area contributed by atoms with Crippen molar-refractivity contribution in [2.24, 2.45) is 11.8 Å². The average molecular weight is 600 g/mol. The van der Waals surface area contributed by atoms with Crippen LogP contribution in [0.3, 0.4) is 0 Å². The molecule has 0 bridgehead atoms. The van der Waals surface area contributed by atoms with Crippen LogP contribution in [-0.2, 0) is 23.9 Å². The molecule has 0 radical (unpaired) electrons. The predicted octanol–water partition coefficient (Wildman–Crippen LogP) is 6.41. The van der Waals surface area contributed by atoms with Gasteiger partial charge in [-0.3, -0.25) is 9.59 Å². The normalized spacial score (nSPS) is 14.7. The lowest BCUT2D eigenvalue weighted by molar-refractivity contribution is -0.178. The minimum atomic E-state index is -4.75. The first-order chi connectivity index (χ1) is 19.5. The third kappa shape index (κ3) is 9.35. The molecule has 1 aliphatic rings. The summed E-state index contributed by atoms with van der Waals surface area (Å²) in [4.78, 5) is 33.7. The smallest absolute Gasteiger partial charge is 0.450 e. The summed E-state index contributed by atoms with van der Waals surface area (Å²) in [5.74, 6) is -3.83. The molecule has 0 saturated heterocycles. The van der Waals surface area contributed by atoms with Gasteiger partial charge in [-0.05, 0) is 60.1 Å². The minimum absolute atomic E-state index is 0.0783. The molecular weight excluding hydrogens is 572 g/mol. The predicted molar refractivity (Wildman–Crippen MR) is 139 cm³/mol. The lowest BCUT2D eigenvalue weighted by atomic mass is 9.85. The van der Waals surface area contributed by atoms with Crippen LogP contribution in [0.25, 0.3) is 0 Å². The Balaban J connectivity index is 0.00000114. The summed E-state index contributed by atoms with van der Waals surface area (Å²) >= 11 is 0. The van der Waals surface area contributed by atoms with Crippen molar-refractivity contribution in [1.29, 1.82) is 0 Å². The Bertz CT molecular complexity index is 1450. The monoisotopic (exact) mass is 599 g/mol. The van der Waals surface area contributed by atoms with E-state index in [4.69, 9.17) is 15.0 Å². The fourth-order valence-electron chi connectivity index (χ4n) is 4.22. The Morgan fingerprint density at radius 3 is 2.14 bits per heavy atom. The molecule has 1 aliphatic carbocycles. The van der Waals surface area contributed by atoms with Gasteiger partial charge in [-0.2, -0.15) is 31.4 Å². The second-order valence-corrected chi connectivity index (χ2v) is 9.88. The van der Waals surface area contributed by atoms with Crippen LogP contribution < -0.4 is 10.9 Å². The van der Waals surface area contributed by atoms with Crippen molar-refractivity contribution < 1.29 is 46.1 Å². The Hall–Kier alpha value is -4.36. The SMILES string of the molecule is CC(C(C(=O)Nc1cccc(CC2CC2)c1)c1ccc(Cn2nc(C(F)(F)F)ccc2=O)cc1)C(F)(F)F.O=C(O)O. The molecule has 2 unspecified atom stereocenters. The number of carbonyl (C=O) groups is 2. The molecule has 226 valence electrons. The largest absolute Gasteiger partial charge is 0.503 e. The minimum Gasteiger partial charge on any atom is -0.450 e. The van der Waals surface area contributed by atoms with Gasteiger partial charge in [0.2, 0.25) is 5.91 Å². The molecule has 3 N–H and O–H groups in total. The van der Waals surface area contributed by atoms with E-state index in [2.05, 4.69) is 10.4 Å². The van der Waals surface area contributed by atoms with Gasteiger partial charge in [0.1, 0.15) is 0 Å². The van der Waals surface area contributed by atoms with Crippen LogP contribution in [0.5, 0.6) is 0 Å². The number of alkyl halides is 6. The van der Waals surface area contributed by atoms with Crippen molar-refractivity contribution in [3.63, 3.8) is 0 Å². The fourth-order valence-corrected chi connectivity index (χ4v) is 4.22. The Labute approximate surface area is 235 Å². The zero-order chi connectivity index (χ0) is 31.2. The van der Waals surface area contributed by atoms with Gasteiger partial charge < -0.3 is 15.5 Å². The molecule has 1 heterocycles. The van der Waals surface area contributed by atoms with E-state index in [1.54, 1.807) is 18.2 Å². The summed E-state index contributed by atoms with van der Waals surface area (Å²) < 4.78 is 80.7. The van der Waals surface area contributed by atoms with Crippen molar-refractivity contribution in [2.75, 3.05) is 5.32 Å². The van der Waals surface area contributed by atoms with Crippen LogP contribution >= 0.6 is 0 Å². The summed E-state index contributed by atoms with van der Waals surface area (Å²) in [6.45, 7) is 0.594. The first kappa shape index (κ1) is 32.2. The number of aromatic nitrogens is 2. The number of anilines is 1. The number of hydrogen-bond donors (Lipinski definition) is 3. The summed E-state index contributed by atoms with van der Waals surface area (Å²) in [6, 6.07) is 13.7. The van der Waals surface area contributed by atoms with Gasteiger partial charge >= 0.3 is 18.5 Å². The number of carbonyl (C=O) groups excluding carboxylic acids is 1. The Morgan fingerprint density at radius 1 is 0.976 bits per heavy atom. The zero-order valence-electron chi connectivity index (χ0n) is 22.1. The average Bonchev–Trinajstić information content (AvgIpc) is 3.69. The van der Waals surface area contributed by atoms with Gasteiger partial charge in [0.25, 0.3) is 5.56 Å². The van der Waals surface area contributed by atoms with E-state index in [0.29, 0.717) is 27.9 Å². The molecular formula is C28H27F6N3O5. The second-order valence-electron chi connectivity index (χ2n) is 9.88. The van der Waals surface area contributed by atoms with Crippen LogP contribution in [0, 0.1) is 11.8 Å². The third-order valence-electron chi connectivity index (χ3n) is 6.54. The maximum Gasteiger partial charge on any atom is 0.503 e. The van der Waals surface area contributed by atoms with Crippen molar-refractivity contribution in [1.82, 2.24) is 9.78 Å². The summed E-state index contributed by atoms with van der Waals surface area (Å²) in [6.07, 6.45) is -8.13. The highest BCUT2D eigenvalue weighted by Gasteiger charge is 2.45. The van der Waals surface area contributed by atoms with E-state index in [1.165, 1.54) is 24.3 Å². The van der Waals surface area contributed by atoms with Gasteiger partial charge in [-0.15, -0.1) is 0 Å². The molecule has 2 atom stereocenters. The van der Waals surface area contributed by atoms with E-state index in [0.717, 1.165) is 37.8 Å². The van der Waals surface area contributed by atoms with Crippen molar-refractivity contribution in [3.8, 4) is 0 Å². The molecule has 14 heteroatoms. The number of benzene rings is 2. The molecule has 3 aromatic rings. The fraction of sp³-hybridized carbons (Fsp3) is 0.357. The highest BCUT2D eigenvalue weighted by atomic mass is 19.4. The molecule has 1 amide bonds. The van der Waals surface area contributed by atoms with E-state index < -0.39 is 47.5 Å². The number of amides is 1. The van der Waals surface area contributed by atoms with Gasteiger partial charge in [0.15, 0.2) is 5.69 Å². The number of nitrogens with zero attached hydrogens (tertiary/aromatic N) is 2. The summed E-state index contributed by atoms with van der Waals surface area (Å²) in [5.41, 5.74) is -0.212. The van der Waals surface area contributed by atoms with Crippen molar-refractivity contribution in [3.05, 3.63) is 93.4 Å². The Kier molecular flexibility index (Phi) is 10.0. The maximum atomic E-state index is 13.7. The van der Waals surface area contributed by atoms with Crippen LogP contribution in [0.4, 0.5) is 36.8 Å². The van der Waals surface area contributed by atoms with Crippen molar-refractivity contribution in [2.45, 2.75) is 51.0 Å². The number of nitrogens with one attached hydrogen (secondary N) is 1. The molecule has 1 fully saturated rings. The lowest BCUT2D eigenvalue weighted by Gasteiger charge is -2.26. The van der Waals surface area contributed by atoms with Crippen LogP contribution in [-0.4, -0.2) is 38.2 Å². The molecule has 8 nitrogen and oxygen atoms in total. The zero-order valence-corrected chi connectivity index (χ0v) is 22.1. The number of halogens is 6. The van der Waals surface area contributed by atoms with E-state index in [1.807, 2.05) is 6.07 Å². The topological polar surface area (TPSA) is 122 Å². The number of rotatable bonds is 8. The number of carboxylic acid groups (broad SMARTS) is 2. The molecule has 1 aromatic heterocycles. The van der Waals surface area contributed by atoms with E-state index >= 15 is 0 Å². The first-order valence-corrected chi connectivity index (χ1v) is 12.7. The van der Waals surface area contributed by atoms with E-state index in [9.17, 15) is 35.9 Å². The first-order valence-electron chi connectivity index (χ1n) is 12.7. The van der Waals surface area contributed by atoms with Crippen LogP contribution in [0.1, 0.15) is 48.1 Å². The van der Waals surface area contributed by atoms with E-state index in [-0.39, 0.29) is 12.1 Å². The maximum absolute atomic E-state index is 13.7. The molecule has 2 aromatic carbocycles. The van der Waals surface area contributed by atoms with Gasteiger partial charge in [-0.25, -0.2) is 9.48 Å². The second kappa shape index (κ2) is 13.1. The van der Waals surface area contributed by atoms with Crippen LogP contribution in [0.2, 0.25) is 0 Å². The number of hydrogen-bond acceptors (Lipinski definition) is 4. The summed E-state index contributed by atoms with van der Waals surface area (Å²) in [7, 11) is 0. The van der Waals surface area contributed by atoms with Crippen LogP contribution in [0.15, 0.2) is 65.5 Å². The molecule has 0 aliphatic heterocycles. The third-order valence-corrected chi connectivity index (χ3v) is 6.54. The van der Waals surface area contributed by atoms with Crippen molar-refractivity contribution >= 4 is 17.7 Å².